The van der Waals surface area contributed by atoms with Crippen LogP contribution in [0.15, 0.2) is 12.1 Å². The Morgan fingerprint density at radius 3 is 2.67 bits per heavy atom. The van der Waals surface area contributed by atoms with Gasteiger partial charge >= 0.3 is 6.09 Å². The van der Waals surface area contributed by atoms with E-state index >= 15 is 0 Å². The highest BCUT2D eigenvalue weighted by molar-refractivity contribution is 5.84. The third-order valence-electron chi connectivity index (χ3n) is 1.80. The molecule has 0 radical (unpaired) electrons. The van der Waals surface area contributed by atoms with Crippen molar-refractivity contribution in [3.05, 3.63) is 17.8 Å². The SMILES string of the molecule is CC#Cc1nc(NC(=O)OC(C)(C)C)ccc1N. The molecule has 1 amide bonds. The molecule has 0 unspecified atom stereocenters. The minimum absolute atomic E-state index is 0.358. The van der Waals surface area contributed by atoms with Crippen LogP contribution in [0.5, 0.6) is 0 Å². The van der Waals surface area contributed by atoms with Gasteiger partial charge in [-0.1, -0.05) is 5.92 Å². The van der Waals surface area contributed by atoms with E-state index in [-0.39, 0.29) is 0 Å². The molecule has 0 saturated heterocycles. The summed E-state index contributed by atoms with van der Waals surface area (Å²) in [7, 11) is 0. The van der Waals surface area contributed by atoms with Crippen molar-refractivity contribution < 1.29 is 9.53 Å². The van der Waals surface area contributed by atoms with E-state index in [4.69, 9.17) is 10.5 Å². The fourth-order valence-corrected chi connectivity index (χ4v) is 1.17. The zero-order valence-corrected chi connectivity index (χ0v) is 11.0. The monoisotopic (exact) mass is 247 g/mol. The number of rotatable bonds is 1. The molecule has 0 aliphatic rings. The predicted molar refractivity (Wildman–Crippen MR) is 71.1 cm³/mol. The molecule has 0 bridgehead atoms. The van der Waals surface area contributed by atoms with Crippen LogP contribution in [-0.2, 0) is 4.74 Å². The van der Waals surface area contributed by atoms with E-state index in [2.05, 4.69) is 22.1 Å². The molecule has 0 aromatic carbocycles. The fourth-order valence-electron chi connectivity index (χ4n) is 1.17. The van der Waals surface area contributed by atoms with Crippen molar-refractivity contribution in [1.82, 2.24) is 4.98 Å². The van der Waals surface area contributed by atoms with Crippen LogP contribution < -0.4 is 11.1 Å². The summed E-state index contributed by atoms with van der Waals surface area (Å²) in [6.45, 7) is 7.06. The zero-order chi connectivity index (χ0) is 13.8. The quantitative estimate of drug-likeness (QED) is 0.747. The molecule has 0 atom stereocenters. The maximum Gasteiger partial charge on any atom is 0.413 e. The van der Waals surface area contributed by atoms with Gasteiger partial charge in [-0.15, -0.1) is 0 Å². The van der Waals surface area contributed by atoms with Gasteiger partial charge in [0, 0.05) is 0 Å². The van der Waals surface area contributed by atoms with Crippen molar-refractivity contribution in [3.63, 3.8) is 0 Å². The number of nitrogens with one attached hydrogen (secondary N) is 1. The molecule has 18 heavy (non-hydrogen) atoms. The second-order valence-electron chi connectivity index (χ2n) is 4.64. The van der Waals surface area contributed by atoms with Crippen LogP contribution in [0.1, 0.15) is 33.4 Å². The van der Waals surface area contributed by atoms with Gasteiger partial charge in [0.15, 0.2) is 0 Å². The van der Waals surface area contributed by atoms with Crippen LogP contribution >= 0.6 is 0 Å². The largest absolute Gasteiger partial charge is 0.444 e. The third kappa shape index (κ3) is 4.34. The Balaban J connectivity index is 2.82. The molecule has 1 rings (SSSR count). The number of nitrogens with zero attached hydrogens (tertiary/aromatic N) is 1. The lowest BCUT2D eigenvalue weighted by atomic mass is 10.2. The molecule has 0 fully saturated rings. The first kappa shape index (κ1) is 13.8. The highest BCUT2D eigenvalue weighted by Gasteiger charge is 2.16. The van der Waals surface area contributed by atoms with Crippen molar-refractivity contribution in [2.75, 3.05) is 11.1 Å². The summed E-state index contributed by atoms with van der Waals surface area (Å²) in [6.07, 6.45) is -0.560. The predicted octanol–water partition coefficient (Wildman–Crippen LogP) is 2.38. The molecule has 96 valence electrons. The topological polar surface area (TPSA) is 77.2 Å². The average molecular weight is 247 g/mol. The first-order valence-corrected chi connectivity index (χ1v) is 5.51. The number of nitrogens with two attached hydrogens (primary N) is 1. The second kappa shape index (κ2) is 5.41. The Bertz CT molecular complexity index is 507. The number of ether oxygens (including phenoxy) is 1. The van der Waals surface area contributed by atoms with Crippen molar-refractivity contribution >= 4 is 17.6 Å². The van der Waals surface area contributed by atoms with Crippen LogP contribution in [0.25, 0.3) is 0 Å². The maximum atomic E-state index is 11.5. The van der Waals surface area contributed by atoms with Crippen LogP contribution in [-0.4, -0.2) is 16.7 Å². The van der Waals surface area contributed by atoms with Crippen molar-refractivity contribution in [2.45, 2.75) is 33.3 Å². The summed E-state index contributed by atoms with van der Waals surface area (Å²) in [4.78, 5) is 15.7. The van der Waals surface area contributed by atoms with Gasteiger partial charge < -0.3 is 10.5 Å². The van der Waals surface area contributed by atoms with E-state index in [1.54, 1.807) is 39.8 Å². The molecule has 0 aliphatic carbocycles. The summed E-state index contributed by atoms with van der Waals surface area (Å²) in [5, 5.41) is 2.53. The van der Waals surface area contributed by atoms with Gasteiger partial charge in [0.2, 0.25) is 0 Å². The molecule has 1 heterocycles. The number of aromatic nitrogens is 1. The molecular formula is C13H17N3O2. The van der Waals surface area contributed by atoms with E-state index in [0.717, 1.165) is 0 Å². The number of hydrogen-bond acceptors (Lipinski definition) is 4. The van der Waals surface area contributed by atoms with E-state index in [1.807, 2.05) is 0 Å². The molecule has 5 nitrogen and oxygen atoms in total. The molecular weight excluding hydrogens is 230 g/mol. The average Bonchev–Trinajstić information content (AvgIpc) is 2.20. The minimum atomic E-state index is -0.560. The van der Waals surface area contributed by atoms with E-state index in [0.29, 0.717) is 17.2 Å². The van der Waals surface area contributed by atoms with Crippen LogP contribution in [0.3, 0.4) is 0 Å². The van der Waals surface area contributed by atoms with Crippen LogP contribution in [0.2, 0.25) is 0 Å². The normalized spacial score (nSPS) is 10.2. The van der Waals surface area contributed by atoms with Gasteiger partial charge in [-0.2, -0.15) is 0 Å². The molecule has 1 aromatic rings. The van der Waals surface area contributed by atoms with E-state index in [9.17, 15) is 4.79 Å². The Morgan fingerprint density at radius 1 is 1.44 bits per heavy atom. The van der Waals surface area contributed by atoms with Crippen LogP contribution in [0, 0.1) is 11.8 Å². The number of carbonyl (C=O) groups is 1. The molecule has 0 saturated carbocycles. The first-order chi connectivity index (χ1) is 8.31. The fraction of sp³-hybridized carbons (Fsp3) is 0.385. The Labute approximate surface area is 107 Å². The number of pyridine rings is 1. The van der Waals surface area contributed by atoms with Crippen molar-refractivity contribution in [1.29, 1.82) is 0 Å². The number of nitrogen functional groups attached to an aromatic ring is 1. The lowest BCUT2D eigenvalue weighted by Crippen LogP contribution is -2.27. The summed E-state index contributed by atoms with van der Waals surface area (Å²) >= 11 is 0. The van der Waals surface area contributed by atoms with Crippen molar-refractivity contribution in [3.8, 4) is 11.8 Å². The Kier molecular flexibility index (Phi) is 4.16. The van der Waals surface area contributed by atoms with E-state index < -0.39 is 11.7 Å². The van der Waals surface area contributed by atoms with Crippen LogP contribution in [0.4, 0.5) is 16.3 Å². The standard InChI is InChI=1S/C13H17N3O2/c1-5-6-10-9(14)7-8-11(15-10)16-12(17)18-13(2,3)4/h7-8H,14H2,1-4H3,(H,15,16,17). The number of hydrogen-bond donors (Lipinski definition) is 2. The zero-order valence-electron chi connectivity index (χ0n) is 11.0. The lowest BCUT2D eigenvalue weighted by Gasteiger charge is -2.19. The first-order valence-electron chi connectivity index (χ1n) is 5.51. The second-order valence-corrected chi connectivity index (χ2v) is 4.64. The van der Waals surface area contributed by atoms with Crippen molar-refractivity contribution in [2.24, 2.45) is 0 Å². The molecule has 5 heteroatoms. The third-order valence-corrected chi connectivity index (χ3v) is 1.80. The minimum Gasteiger partial charge on any atom is -0.444 e. The molecule has 0 spiro atoms. The Hall–Kier alpha value is -2.22. The Morgan fingerprint density at radius 2 is 2.11 bits per heavy atom. The highest BCUT2D eigenvalue weighted by Crippen LogP contribution is 2.14. The van der Waals surface area contributed by atoms with Gasteiger partial charge in [0.25, 0.3) is 0 Å². The van der Waals surface area contributed by atoms with Gasteiger partial charge in [-0.25, -0.2) is 9.78 Å². The summed E-state index contributed by atoms with van der Waals surface area (Å²) in [5.41, 5.74) is 6.06. The number of anilines is 2. The lowest BCUT2D eigenvalue weighted by molar-refractivity contribution is 0.0635. The van der Waals surface area contributed by atoms with Gasteiger partial charge in [-0.05, 0) is 45.7 Å². The highest BCUT2D eigenvalue weighted by atomic mass is 16.6. The van der Waals surface area contributed by atoms with E-state index in [1.165, 1.54) is 0 Å². The number of amides is 1. The van der Waals surface area contributed by atoms with Gasteiger partial charge in [-0.3, -0.25) is 5.32 Å². The van der Waals surface area contributed by atoms with Gasteiger partial charge in [0.05, 0.1) is 5.69 Å². The molecule has 3 N–H and O–H groups in total. The van der Waals surface area contributed by atoms with Gasteiger partial charge in [0.1, 0.15) is 17.1 Å². The molecule has 0 aliphatic heterocycles. The smallest absolute Gasteiger partial charge is 0.413 e. The summed E-state index contributed by atoms with van der Waals surface area (Å²) < 4.78 is 5.11. The summed E-state index contributed by atoms with van der Waals surface area (Å²) in [5.74, 6) is 5.82. The maximum absolute atomic E-state index is 11.5. The molecule has 1 aromatic heterocycles. The summed E-state index contributed by atoms with van der Waals surface area (Å²) in [6, 6.07) is 3.24. The number of carbonyl (C=O) groups excluding carboxylic acids is 1.